The van der Waals surface area contributed by atoms with Crippen LogP contribution < -0.4 is 5.32 Å². The molecule has 1 aliphatic rings. The molecule has 0 amide bonds. The zero-order valence-electron chi connectivity index (χ0n) is 14.4. The van der Waals surface area contributed by atoms with E-state index in [-0.39, 0.29) is 0 Å². The average Bonchev–Trinajstić information content (AvgIpc) is 2.45. The van der Waals surface area contributed by atoms with Gasteiger partial charge in [-0.1, -0.05) is 45.9 Å². The van der Waals surface area contributed by atoms with Crippen molar-refractivity contribution in [2.45, 2.75) is 53.4 Å². The summed E-state index contributed by atoms with van der Waals surface area (Å²) in [5, 5.41) is 3.30. The van der Waals surface area contributed by atoms with E-state index in [2.05, 4.69) is 51.7 Å². The smallest absolute Gasteiger partial charge is 0.118 e. The van der Waals surface area contributed by atoms with E-state index in [0.717, 1.165) is 51.1 Å². The second-order valence-electron chi connectivity index (χ2n) is 6.09. The summed E-state index contributed by atoms with van der Waals surface area (Å²) < 4.78 is 6.19. The van der Waals surface area contributed by atoms with Gasteiger partial charge < -0.3 is 10.1 Å². The summed E-state index contributed by atoms with van der Waals surface area (Å²) in [6, 6.07) is 0. The summed E-state index contributed by atoms with van der Waals surface area (Å²) in [7, 11) is 0. The van der Waals surface area contributed by atoms with E-state index in [4.69, 9.17) is 4.74 Å². The van der Waals surface area contributed by atoms with Crippen LogP contribution in [0.1, 0.15) is 53.4 Å². The normalized spacial score (nSPS) is 18.3. The summed E-state index contributed by atoms with van der Waals surface area (Å²) in [5.41, 5.74) is 2.64. The van der Waals surface area contributed by atoms with Crippen molar-refractivity contribution in [1.82, 2.24) is 5.32 Å². The molecule has 0 spiro atoms. The number of hydrogen-bond acceptors (Lipinski definition) is 2. The molecule has 0 aromatic carbocycles. The topological polar surface area (TPSA) is 21.3 Å². The summed E-state index contributed by atoms with van der Waals surface area (Å²) >= 11 is 0. The van der Waals surface area contributed by atoms with E-state index >= 15 is 0 Å². The van der Waals surface area contributed by atoms with Gasteiger partial charge in [-0.3, -0.25) is 0 Å². The van der Waals surface area contributed by atoms with Crippen LogP contribution in [-0.4, -0.2) is 19.7 Å². The molecule has 1 atom stereocenters. The molecule has 0 aromatic heterocycles. The molecule has 0 radical (unpaired) electrons. The van der Waals surface area contributed by atoms with Crippen LogP contribution in [0.5, 0.6) is 0 Å². The van der Waals surface area contributed by atoms with E-state index in [9.17, 15) is 0 Å². The quantitative estimate of drug-likeness (QED) is 0.353. The van der Waals surface area contributed by atoms with Gasteiger partial charge in [0.2, 0.25) is 0 Å². The van der Waals surface area contributed by atoms with Crippen molar-refractivity contribution < 1.29 is 4.74 Å². The van der Waals surface area contributed by atoms with Crippen molar-refractivity contribution in [1.29, 1.82) is 0 Å². The SMILES string of the molecule is C=C(CC)C/C=C(OCC1CNC1)\C(=C/CC)[C@H](C)CC. The zero-order chi connectivity index (χ0) is 15.7. The van der Waals surface area contributed by atoms with Crippen molar-refractivity contribution >= 4 is 0 Å². The fraction of sp³-hybridized carbons (Fsp3) is 0.684. The van der Waals surface area contributed by atoms with Gasteiger partial charge >= 0.3 is 0 Å². The van der Waals surface area contributed by atoms with E-state index in [0.29, 0.717) is 11.8 Å². The minimum atomic E-state index is 0.547. The molecule has 120 valence electrons. The first kappa shape index (κ1) is 18.0. The second kappa shape index (κ2) is 9.83. The summed E-state index contributed by atoms with van der Waals surface area (Å²) in [6.45, 7) is 16.0. The van der Waals surface area contributed by atoms with Crippen molar-refractivity contribution in [2.75, 3.05) is 19.7 Å². The highest BCUT2D eigenvalue weighted by Gasteiger charge is 2.19. The third-order valence-corrected chi connectivity index (χ3v) is 4.27. The first-order valence-electron chi connectivity index (χ1n) is 8.52. The highest BCUT2D eigenvalue weighted by molar-refractivity contribution is 5.29. The van der Waals surface area contributed by atoms with Crippen LogP contribution in [0.25, 0.3) is 0 Å². The molecule has 1 rings (SSSR count). The van der Waals surface area contributed by atoms with Crippen molar-refractivity contribution in [3.63, 3.8) is 0 Å². The van der Waals surface area contributed by atoms with Crippen LogP contribution >= 0.6 is 0 Å². The molecule has 1 heterocycles. The van der Waals surface area contributed by atoms with Gasteiger partial charge in [-0.2, -0.15) is 0 Å². The highest BCUT2D eigenvalue weighted by Crippen LogP contribution is 2.26. The Morgan fingerprint density at radius 1 is 1.29 bits per heavy atom. The van der Waals surface area contributed by atoms with Crippen LogP contribution in [-0.2, 0) is 4.74 Å². The third-order valence-electron chi connectivity index (χ3n) is 4.27. The molecule has 1 saturated heterocycles. The fourth-order valence-corrected chi connectivity index (χ4v) is 2.30. The molecule has 0 aliphatic carbocycles. The molecule has 1 N–H and O–H groups in total. The van der Waals surface area contributed by atoms with Gasteiger partial charge in [-0.25, -0.2) is 0 Å². The van der Waals surface area contributed by atoms with Gasteiger partial charge in [0.15, 0.2) is 0 Å². The lowest BCUT2D eigenvalue weighted by atomic mass is 9.94. The van der Waals surface area contributed by atoms with Crippen LogP contribution in [0, 0.1) is 11.8 Å². The maximum absolute atomic E-state index is 6.19. The number of ether oxygens (including phenoxy) is 1. The molecule has 0 saturated carbocycles. The Labute approximate surface area is 131 Å². The standard InChI is InChI=1S/C19H33NO/c1-6-9-18(16(5)8-3)19(11-10-15(4)7-2)21-14-17-12-20-13-17/h9,11,16-17,20H,4,6-8,10,12-14H2,1-3,5H3/b18-9-,19-11+/t16-/m1/s1. The highest BCUT2D eigenvalue weighted by atomic mass is 16.5. The monoisotopic (exact) mass is 291 g/mol. The largest absolute Gasteiger partial charge is 0.493 e. The van der Waals surface area contributed by atoms with Gasteiger partial charge in [0.05, 0.1) is 6.61 Å². The predicted octanol–water partition coefficient (Wildman–Crippen LogP) is 4.85. The Kier molecular flexibility index (Phi) is 8.44. The molecule has 0 unspecified atom stereocenters. The first-order chi connectivity index (χ1) is 10.1. The molecular formula is C19H33NO. The predicted molar refractivity (Wildman–Crippen MR) is 92.3 cm³/mol. The van der Waals surface area contributed by atoms with Gasteiger partial charge in [-0.05, 0) is 43.3 Å². The lowest BCUT2D eigenvalue weighted by molar-refractivity contribution is 0.136. The molecule has 1 aliphatic heterocycles. The van der Waals surface area contributed by atoms with Crippen LogP contribution in [0.4, 0.5) is 0 Å². The van der Waals surface area contributed by atoms with E-state index in [1.165, 1.54) is 11.1 Å². The maximum atomic E-state index is 6.19. The Morgan fingerprint density at radius 2 is 2.00 bits per heavy atom. The third kappa shape index (κ3) is 6.09. The van der Waals surface area contributed by atoms with Gasteiger partial charge in [0.1, 0.15) is 5.76 Å². The van der Waals surface area contributed by atoms with Crippen molar-refractivity contribution in [3.8, 4) is 0 Å². The molecule has 21 heavy (non-hydrogen) atoms. The van der Waals surface area contributed by atoms with E-state index < -0.39 is 0 Å². The summed E-state index contributed by atoms with van der Waals surface area (Å²) in [5.74, 6) is 2.31. The summed E-state index contributed by atoms with van der Waals surface area (Å²) in [6.07, 6.45) is 8.73. The molecule has 2 nitrogen and oxygen atoms in total. The molecular weight excluding hydrogens is 258 g/mol. The van der Waals surface area contributed by atoms with Crippen LogP contribution in [0.3, 0.4) is 0 Å². The molecule has 2 heteroatoms. The van der Waals surface area contributed by atoms with Crippen LogP contribution in [0.15, 0.2) is 35.6 Å². The van der Waals surface area contributed by atoms with Gasteiger partial charge in [0.25, 0.3) is 0 Å². The number of allylic oxidation sites excluding steroid dienone is 4. The molecule has 0 bridgehead atoms. The zero-order valence-corrected chi connectivity index (χ0v) is 14.4. The summed E-state index contributed by atoms with van der Waals surface area (Å²) in [4.78, 5) is 0. The van der Waals surface area contributed by atoms with Crippen molar-refractivity contribution in [2.24, 2.45) is 11.8 Å². The Balaban J connectivity index is 2.80. The number of hydrogen-bond donors (Lipinski definition) is 1. The number of nitrogens with one attached hydrogen (secondary N) is 1. The van der Waals surface area contributed by atoms with Crippen LogP contribution in [0.2, 0.25) is 0 Å². The minimum absolute atomic E-state index is 0.547. The fourth-order valence-electron chi connectivity index (χ4n) is 2.30. The Bertz CT molecular complexity index is 377. The first-order valence-corrected chi connectivity index (χ1v) is 8.52. The lowest BCUT2D eigenvalue weighted by Crippen LogP contribution is -2.44. The maximum Gasteiger partial charge on any atom is 0.118 e. The Hall–Kier alpha value is -1.02. The van der Waals surface area contributed by atoms with E-state index in [1.54, 1.807) is 0 Å². The van der Waals surface area contributed by atoms with Gasteiger partial charge in [0, 0.05) is 19.0 Å². The van der Waals surface area contributed by atoms with E-state index in [1.807, 2.05) is 0 Å². The average molecular weight is 291 g/mol. The minimum Gasteiger partial charge on any atom is -0.493 e. The second-order valence-corrected chi connectivity index (χ2v) is 6.09. The molecule has 0 aromatic rings. The lowest BCUT2D eigenvalue weighted by Gasteiger charge is -2.28. The van der Waals surface area contributed by atoms with Gasteiger partial charge in [-0.15, -0.1) is 0 Å². The Morgan fingerprint density at radius 3 is 2.48 bits per heavy atom. The van der Waals surface area contributed by atoms with Crippen molar-refractivity contribution in [3.05, 3.63) is 35.6 Å². The number of rotatable bonds is 10. The molecule has 1 fully saturated rings.